The minimum atomic E-state index is -0.180. The summed E-state index contributed by atoms with van der Waals surface area (Å²) in [5.74, 6) is 0.151. The highest BCUT2D eigenvalue weighted by atomic mass is 79.9. The SMILES string of the molecule is C/C=C/CCNC(=O)c1ccc(Br)o1. The van der Waals surface area contributed by atoms with Gasteiger partial charge in [0.25, 0.3) is 5.91 Å². The smallest absolute Gasteiger partial charge is 0.287 e. The van der Waals surface area contributed by atoms with Gasteiger partial charge in [0.1, 0.15) is 0 Å². The van der Waals surface area contributed by atoms with E-state index < -0.39 is 0 Å². The number of nitrogens with one attached hydrogen (secondary N) is 1. The zero-order valence-electron chi connectivity index (χ0n) is 7.92. The molecule has 0 aliphatic heterocycles. The molecule has 0 bridgehead atoms. The van der Waals surface area contributed by atoms with Crippen LogP contribution >= 0.6 is 15.9 Å². The molecule has 0 saturated carbocycles. The van der Waals surface area contributed by atoms with Crippen LogP contribution in [0.25, 0.3) is 0 Å². The van der Waals surface area contributed by atoms with Crippen molar-refractivity contribution in [3.05, 3.63) is 34.7 Å². The van der Waals surface area contributed by atoms with Crippen LogP contribution in [0.3, 0.4) is 0 Å². The van der Waals surface area contributed by atoms with Crippen molar-refractivity contribution in [2.75, 3.05) is 6.54 Å². The first-order valence-electron chi connectivity index (χ1n) is 4.38. The molecule has 14 heavy (non-hydrogen) atoms. The van der Waals surface area contributed by atoms with Crippen molar-refractivity contribution in [1.82, 2.24) is 5.32 Å². The Morgan fingerprint density at radius 1 is 1.64 bits per heavy atom. The molecule has 0 radical (unpaired) electrons. The van der Waals surface area contributed by atoms with Gasteiger partial charge in [-0.05, 0) is 41.4 Å². The highest BCUT2D eigenvalue weighted by Crippen LogP contribution is 2.13. The van der Waals surface area contributed by atoms with Gasteiger partial charge in [-0.1, -0.05) is 12.2 Å². The molecule has 0 fully saturated rings. The number of hydrogen-bond donors (Lipinski definition) is 1. The number of furan rings is 1. The van der Waals surface area contributed by atoms with Crippen molar-refractivity contribution < 1.29 is 9.21 Å². The standard InChI is InChI=1S/C10H12BrNO2/c1-2-3-4-7-12-10(13)8-5-6-9(11)14-8/h2-3,5-6H,4,7H2,1H3,(H,12,13)/b3-2+. The van der Waals surface area contributed by atoms with Gasteiger partial charge in [0.2, 0.25) is 0 Å². The lowest BCUT2D eigenvalue weighted by Crippen LogP contribution is -2.23. The van der Waals surface area contributed by atoms with Crippen LogP contribution in [0, 0.1) is 0 Å². The van der Waals surface area contributed by atoms with Crippen LogP contribution in [-0.2, 0) is 0 Å². The molecule has 1 N–H and O–H groups in total. The Kier molecular flexibility index (Phi) is 4.46. The average Bonchev–Trinajstić information content (AvgIpc) is 2.59. The lowest BCUT2D eigenvalue weighted by Gasteiger charge is -1.99. The maximum atomic E-state index is 11.4. The quantitative estimate of drug-likeness (QED) is 0.666. The normalized spacial score (nSPS) is 10.7. The summed E-state index contributed by atoms with van der Waals surface area (Å²) in [5.41, 5.74) is 0. The first-order valence-corrected chi connectivity index (χ1v) is 5.18. The van der Waals surface area contributed by atoms with Crippen LogP contribution < -0.4 is 5.32 Å². The Morgan fingerprint density at radius 3 is 3.00 bits per heavy atom. The summed E-state index contributed by atoms with van der Waals surface area (Å²) in [6, 6.07) is 3.33. The molecule has 0 atom stereocenters. The van der Waals surface area contributed by atoms with E-state index in [1.807, 2.05) is 19.1 Å². The summed E-state index contributed by atoms with van der Waals surface area (Å²) in [6.45, 7) is 2.58. The van der Waals surface area contributed by atoms with Gasteiger partial charge in [-0.3, -0.25) is 4.79 Å². The van der Waals surface area contributed by atoms with E-state index in [-0.39, 0.29) is 5.91 Å². The number of carbonyl (C=O) groups is 1. The second kappa shape index (κ2) is 5.65. The van der Waals surface area contributed by atoms with E-state index in [1.54, 1.807) is 12.1 Å². The van der Waals surface area contributed by atoms with E-state index in [1.165, 1.54) is 0 Å². The van der Waals surface area contributed by atoms with Gasteiger partial charge >= 0.3 is 0 Å². The molecule has 1 aromatic heterocycles. The van der Waals surface area contributed by atoms with Crippen molar-refractivity contribution in [2.45, 2.75) is 13.3 Å². The van der Waals surface area contributed by atoms with Crippen molar-refractivity contribution in [1.29, 1.82) is 0 Å². The van der Waals surface area contributed by atoms with Crippen molar-refractivity contribution in [3.63, 3.8) is 0 Å². The highest BCUT2D eigenvalue weighted by Gasteiger charge is 2.08. The summed E-state index contributed by atoms with van der Waals surface area (Å²) in [6.07, 6.45) is 4.79. The molecule has 4 heteroatoms. The van der Waals surface area contributed by atoms with Crippen LogP contribution in [0.15, 0.2) is 33.4 Å². The first kappa shape index (κ1) is 11.0. The Hall–Kier alpha value is -1.03. The monoisotopic (exact) mass is 257 g/mol. The molecule has 0 saturated heterocycles. The van der Waals surface area contributed by atoms with Gasteiger partial charge in [-0.2, -0.15) is 0 Å². The molecular formula is C10H12BrNO2. The van der Waals surface area contributed by atoms with Crippen LogP contribution in [0.2, 0.25) is 0 Å². The Balaban J connectivity index is 2.35. The Bertz CT molecular complexity index is 331. The fraction of sp³-hybridized carbons (Fsp3) is 0.300. The Labute approximate surface area is 91.3 Å². The number of allylic oxidation sites excluding steroid dienone is 1. The predicted molar refractivity (Wildman–Crippen MR) is 58.2 cm³/mol. The fourth-order valence-corrected chi connectivity index (χ4v) is 1.27. The van der Waals surface area contributed by atoms with Crippen LogP contribution in [-0.4, -0.2) is 12.5 Å². The number of amides is 1. The lowest BCUT2D eigenvalue weighted by atomic mass is 10.3. The predicted octanol–water partition coefficient (Wildman–Crippen LogP) is 2.74. The van der Waals surface area contributed by atoms with Gasteiger partial charge in [0.15, 0.2) is 10.4 Å². The van der Waals surface area contributed by atoms with Gasteiger partial charge < -0.3 is 9.73 Å². The molecule has 1 aromatic rings. The summed E-state index contributed by atoms with van der Waals surface area (Å²) < 4.78 is 5.65. The summed E-state index contributed by atoms with van der Waals surface area (Å²) in [5, 5.41) is 2.74. The lowest BCUT2D eigenvalue weighted by molar-refractivity contribution is 0.0925. The molecule has 3 nitrogen and oxygen atoms in total. The second-order valence-electron chi connectivity index (χ2n) is 2.72. The van der Waals surface area contributed by atoms with Crippen molar-refractivity contribution >= 4 is 21.8 Å². The Morgan fingerprint density at radius 2 is 2.43 bits per heavy atom. The van der Waals surface area contributed by atoms with Gasteiger partial charge in [-0.15, -0.1) is 0 Å². The summed E-state index contributed by atoms with van der Waals surface area (Å²) in [4.78, 5) is 11.4. The topological polar surface area (TPSA) is 42.2 Å². The molecule has 76 valence electrons. The third-order valence-corrected chi connectivity index (χ3v) is 2.06. The third-order valence-electron chi connectivity index (χ3n) is 1.63. The summed E-state index contributed by atoms with van der Waals surface area (Å²) >= 11 is 3.14. The first-order chi connectivity index (χ1) is 6.74. The molecule has 0 aliphatic rings. The van der Waals surface area contributed by atoms with Crippen LogP contribution in [0.5, 0.6) is 0 Å². The number of carbonyl (C=O) groups excluding carboxylic acids is 1. The van der Waals surface area contributed by atoms with E-state index in [4.69, 9.17) is 4.42 Å². The summed E-state index contributed by atoms with van der Waals surface area (Å²) in [7, 11) is 0. The van der Waals surface area contributed by atoms with Gasteiger partial charge in [0, 0.05) is 6.54 Å². The average molecular weight is 258 g/mol. The molecule has 0 aliphatic carbocycles. The van der Waals surface area contributed by atoms with Gasteiger partial charge in [-0.25, -0.2) is 0 Å². The molecule has 1 rings (SSSR count). The number of rotatable bonds is 4. The highest BCUT2D eigenvalue weighted by molar-refractivity contribution is 9.10. The van der Waals surface area contributed by atoms with Crippen molar-refractivity contribution in [3.8, 4) is 0 Å². The number of halogens is 1. The van der Waals surface area contributed by atoms with E-state index in [0.717, 1.165) is 6.42 Å². The minimum absolute atomic E-state index is 0.180. The minimum Gasteiger partial charge on any atom is -0.444 e. The van der Waals surface area contributed by atoms with Crippen LogP contribution in [0.4, 0.5) is 0 Å². The zero-order valence-corrected chi connectivity index (χ0v) is 9.50. The second-order valence-corrected chi connectivity index (χ2v) is 3.50. The van der Waals surface area contributed by atoms with E-state index in [0.29, 0.717) is 17.0 Å². The maximum absolute atomic E-state index is 11.4. The van der Waals surface area contributed by atoms with E-state index in [9.17, 15) is 4.79 Å². The third kappa shape index (κ3) is 3.38. The molecular weight excluding hydrogens is 246 g/mol. The maximum Gasteiger partial charge on any atom is 0.287 e. The van der Waals surface area contributed by atoms with E-state index in [2.05, 4.69) is 21.2 Å². The molecule has 0 aromatic carbocycles. The number of hydrogen-bond acceptors (Lipinski definition) is 2. The largest absolute Gasteiger partial charge is 0.444 e. The van der Waals surface area contributed by atoms with Gasteiger partial charge in [0.05, 0.1) is 0 Å². The van der Waals surface area contributed by atoms with Crippen LogP contribution in [0.1, 0.15) is 23.9 Å². The zero-order chi connectivity index (χ0) is 10.4. The molecule has 0 unspecified atom stereocenters. The fourth-order valence-electron chi connectivity index (χ4n) is 0.959. The molecule has 0 spiro atoms. The molecule has 1 heterocycles. The molecule has 1 amide bonds. The van der Waals surface area contributed by atoms with Crippen molar-refractivity contribution in [2.24, 2.45) is 0 Å². The van der Waals surface area contributed by atoms with E-state index >= 15 is 0 Å².